The van der Waals surface area contributed by atoms with E-state index < -0.39 is 0 Å². The lowest BCUT2D eigenvalue weighted by molar-refractivity contribution is 0.0957. The van der Waals surface area contributed by atoms with Gasteiger partial charge in [0.05, 0.1) is 7.11 Å². The van der Waals surface area contributed by atoms with Gasteiger partial charge in [-0.25, -0.2) is 0 Å². The second kappa shape index (κ2) is 11.6. The molecule has 0 unspecified atom stereocenters. The Kier molecular flexibility index (Phi) is 8.03. The number of halogens is 2. The van der Waals surface area contributed by atoms with Crippen molar-refractivity contribution in [3.8, 4) is 5.75 Å². The first-order valence-corrected chi connectivity index (χ1v) is 11.6. The first kappa shape index (κ1) is 24.3. The average Bonchev–Trinajstić information content (AvgIpc) is 3.30. The van der Waals surface area contributed by atoms with E-state index in [2.05, 4.69) is 20.7 Å². The number of ether oxygens (including phenoxy) is 1. The molecule has 3 aromatic carbocycles. The van der Waals surface area contributed by atoms with Gasteiger partial charge in [0, 0.05) is 29.2 Å². The standard InChI is InChI=1S/C26H23Cl2N5O2/c1-35-23-13-6-18(7-14-23)8-15-24(34)33-26(30-17-20-4-11-22(28)12-5-20)31-25(32-33)29-16-19-2-9-21(27)10-3-19/h2-15H,16-17H2,1H3,(H2,29,30,31,32)/b15-8+. The molecule has 35 heavy (non-hydrogen) atoms. The Morgan fingerprint density at radius 1 is 0.886 bits per heavy atom. The predicted octanol–water partition coefficient (Wildman–Crippen LogP) is 6.17. The maximum atomic E-state index is 13.0. The molecule has 0 fully saturated rings. The highest BCUT2D eigenvalue weighted by molar-refractivity contribution is 6.30. The smallest absolute Gasteiger partial charge is 0.274 e. The van der Waals surface area contributed by atoms with Gasteiger partial charge in [0.15, 0.2) is 0 Å². The first-order valence-electron chi connectivity index (χ1n) is 10.8. The minimum absolute atomic E-state index is 0.322. The molecule has 0 aliphatic heterocycles. The lowest BCUT2D eigenvalue weighted by atomic mass is 10.2. The Balaban J connectivity index is 1.51. The third-order valence-electron chi connectivity index (χ3n) is 5.08. The molecule has 4 rings (SSSR count). The number of aromatic nitrogens is 3. The van der Waals surface area contributed by atoms with Crippen molar-refractivity contribution in [1.82, 2.24) is 14.8 Å². The second-order valence-electron chi connectivity index (χ2n) is 7.58. The number of carbonyl (C=O) groups excluding carboxylic acids is 1. The molecule has 0 bridgehead atoms. The van der Waals surface area contributed by atoms with Crippen LogP contribution in [0.15, 0.2) is 78.9 Å². The number of methoxy groups -OCH3 is 1. The minimum atomic E-state index is -0.341. The summed E-state index contributed by atoms with van der Waals surface area (Å²) in [6.45, 7) is 0.926. The molecule has 0 radical (unpaired) electrons. The Morgan fingerprint density at radius 3 is 2.03 bits per heavy atom. The van der Waals surface area contributed by atoms with E-state index in [1.54, 1.807) is 13.2 Å². The third-order valence-corrected chi connectivity index (χ3v) is 5.58. The van der Waals surface area contributed by atoms with Gasteiger partial charge in [-0.2, -0.15) is 9.67 Å². The van der Waals surface area contributed by atoms with Crippen LogP contribution < -0.4 is 15.4 Å². The fourth-order valence-electron chi connectivity index (χ4n) is 3.17. The summed E-state index contributed by atoms with van der Waals surface area (Å²) in [5.74, 6) is 1.05. The summed E-state index contributed by atoms with van der Waals surface area (Å²) in [6, 6.07) is 22.3. The molecule has 0 aliphatic rings. The lowest BCUT2D eigenvalue weighted by Crippen LogP contribution is -2.14. The van der Waals surface area contributed by atoms with Crippen molar-refractivity contribution in [3.63, 3.8) is 0 Å². The zero-order valence-electron chi connectivity index (χ0n) is 18.9. The topological polar surface area (TPSA) is 81.1 Å². The van der Waals surface area contributed by atoms with Crippen LogP contribution in [0.4, 0.5) is 11.9 Å². The molecule has 0 aliphatic carbocycles. The fraction of sp³-hybridized carbons (Fsp3) is 0.115. The van der Waals surface area contributed by atoms with Crippen LogP contribution in [-0.2, 0) is 13.1 Å². The van der Waals surface area contributed by atoms with Crippen molar-refractivity contribution in [2.75, 3.05) is 17.7 Å². The zero-order valence-corrected chi connectivity index (χ0v) is 20.4. The van der Waals surface area contributed by atoms with Gasteiger partial charge in [-0.3, -0.25) is 4.79 Å². The highest BCUT2D eigenvalue weighted by atomic mass is 35.5. The summed E-state index contributed by atoms with van der Waals surface area (Å²) in [5, 5.41) is 12.0. The molecule has 2 N–H and O–H groups in total. The van der Waals surface area contributed by atoms with Crippen molar-refractivity contribution in [3.05, 3.63) is 106 Å². The summed E-state index contributed by atoms with van der Waals surface area (Å²) in [4.78, 5) is 17.5. The molecular formula is C26H23Cl2N5O2. The van der Waals surface area contributed by atoms with Crippen LogP contribution in [0.25, 0.3) is 6.08 Å². The lowest BCUT2D eigenvalue weighted by Gasteiger charge is -2.06. The van der Waals surface area contributed by atoms with Crippen molar-refractivity contribution < 1.29 is 9.53 Å². The summed E-state index contributed by atoms with van der Waals surface area (Å²) >= 11 is 11.9. The Hall–Kier alpha value is -3.81. The molecule has 178 valence electrons. The number of nitrogens with zero attached hydrogens (tertiary/aromatic N) is 3. The van der Waals surface area contributed by atoms with Crippen molar-refractivity contribution >= 4 is 47.1 Å². The summed E-state index contributed by atoms with van der Waals surface area (Å²) < 4.78 is 6.41. The van der Waals surface area contributed by atoms with Crippen LogP contribution in [0.3, 0.4) is 0 Å². The van der Waals surface area contributed by atoms with E-state index in [9.17, 15) is 4.79 Å². The molecule has 0 saturated carbocycles. The first-order chi connectivity index (χ1) is 17.0. The van der Waals surface area contributed by atoms with E-state index in [-0.39, 0.29) is 5.91 Å². The van der Waals surface area contributed by atoms with Gasteiger partial charge in [-0.05, 0) is 59.2 Å². The van der Waals surface area contributed by atoms with Gasteiger partial charge in [0.1, 0.15) is 5.75 Å². The molecule has 9 heteroatoms. The molecular weight excluding hydrogens is 485 g/mol. The zero-order chi connectivity index (χ0) is 24.6. The van der Waals surface area contributed by atoms with E-state index in [1.165, 1.54) is 10.8 Å². The van der Waals surface area contributed by atoms with Gasteiger partial charge in [-0.1, -0.05) is 59.6 Å². The van der Waals surface area contributed by atoms with E-state index in [0.29, 0.717) is 35.0 Å². The van der Waals surface area contributed by atoms with E-state index in [1.807, 2.05) is 72.8 Å². The summed E-state index contributed by atoms with van der Waals surface area (Å²) in [6.07, 6.45) is 3.17. The SMILES string of the molecule is COc1ccc(/C=C/C(=O)n2nc(NCc3ccc(Cl)cc3)nc2NCc2ccc(Cl)cc2)cc1. The van der Waals surface area contributed by atoms with E-state index >= 15 is 0 Å². The average molecular weight is 508 g/mol. The normalized spacial score (nSPS) is 10.9. The quantitative estimate of drug-likeness (QED) is 0.263. The number of anilines is 2. The number of hydrogen-bond acceptors (Lipinski definition) is 6. The number of nitrogens with one attached hydrogen (secondary N) is 2. The Bertz CT molecular complexity index is 1300. The Labute approximate surface area is 213 Å². The number of hydrogen-bond donors (Lipinski definition) is 2. The molecule has 1 aromatic heterocycles. The summed E-state index contributed by atoms with van der Waals surface area (Å²) in [5.41, 5.74) is 2.85. The van der Waals surface area contributed by atoms with Crippen molar-refractivity contribution in [2.24, 2.45) is 0 Å². The molecule has 0 spiro atoms. The largest absolute Gasteiger partial charge is 0.497 e. The van der Waals surface area contributed by atoms with Gasteiger partial charge in [-0.15, -0.1) is 5.10 Å². The second-order valence-corrected chi connectivity index (χ2v) is 8.45. The van der Waals surface area contributed by atoms with Gasteiger partial charge < -0.3 is 15.4 Å². The third kappa shape index (κ3) is 6.85. The molecule has 7 nitrogen and oxygen atoms in total. The van der Waals surface area contributed by atoms with Crippen LogP contribution in [0.2, 0.25) is 10.0 Å². The maximum absolute atomic E-state index is 13.0. The van der Waals surface area contributed by atoms with Crippen LogP contribution in [0.1, 0.15) is 21.5 Å². The van der Waals surface area contributed by atoms with Crippen molar-refractivity contribution in [2.45, 2.75) is 13.1 Å². The molecule has 4 aromatic rings. The van der Waals surface area contributed by atoms with Gasteiger partial charge in [0.25, 0.3) is 5.91 Å². The maximum Gasteiger partial charge on any atom is 0.274 e. The highest BCUT2D eigenvalue weighted by Crippen LogP contribution is 2.16. The number of carbonyl (C=O) groups is 1. The van der Waals surface area contributed by atoms with Crippen LogP contribution in [-0.4, -0.2) is 27.8 Å². The molecule has 1 heterocycles. The number of benzene rings is 3. The number of allylic oxidation sites excluding steroid dienone is 1. The molecule has 0 amide bonds. The summed E-state index contributed by atoms with van der Waals surface area (Å²) in [7, 11) is 1.61. The van der Waals surface area contributed by atoms with Crippen LogP contribution >= 0.6 is 23.2 Å². The van der Waals surface area contributed by atoms with E-state index in [0.717, 1.165) is 22.4 Å². The fourth-order valence-corrected chi connectivity index (χ4v) is 3.43. The Morgan fingerprint density at radius 2 is 1.46 bits per heavy atom. The predicted molar refractivity (Wildman–Crippen MR) is 140 cm³/mol. The highest BCUT2D eigenvalue weighted by Gasteiger charge is 2.14. The van der Waals surface area contributed by atoms with Gasteiger partial charge in [0.2, 0.25) is 11.9 Å². The van der Waals surface area contributed by atoms with Crippen molar-refractivity contribution in [1.29, 1.82) is 0 Å². The van der Waals surface area contributed by atoms with Crippen LogP contribution in [0, 0.1) is 0 Å². The molecule has 0 saturated heterocycles. The van der Waals surface area contributed by atoms with Gasteiger partial charge >= 0.3 is 0 Å². The molecule has 0 atom stereocenters. The number of rotatable bonds is 9. The van der Waals surface area contributed by atoms with Crippen LogP contribution in [0.5, 0.6) is 5.75 Å². The monoisotopic (exact) mass is 507 g/mol. The van der Waals surface area contributed by atoms with E-state index in [4.69, 9.17) is 27.9 Å². The minimum Gasteiger partial charge on any atom is -0.497 e.